The molecule has 3 nitrogen and oxygen atoms in total. The fraction of sp³-hybridized carbons (Fsp3) is 0.583. The van der Waals surface area contributed by atoms with Crippen molar-refractivity contribution in [2.75, 3.05) is 13.1 Å². The van der Waals surface area contributed by atoms with E-state index in [4.69, 9.17) is 0 Å². The normalized spacial score (nSPS) is 15.1. The molecule has 0 atom stereocenters. The van der Waals surface area contributed by atoms with Gasteiger partial charge < -0.3 is 10.6 Å². The van der Waals surface area contributed by atoms with Crippen molar-refractivity contribution in [3.63, 3.8) is 0 Å². The van der Waals surface area contributed by atoms with E-state index in [0.717, 1.165) is 32.5 Å². The minimum Gasteiger partial charge on any atom is -0.355 e. The van der Waals surface area contributed by atoms with Crippen LogP contribution < -0.4 is 10.6 Å². The lowest BCUT2D eigenvalue weighted by Gasteiger charge is -2.05. The molecule has 1 aliphatic carbocycles. The van der Waals surface area contributed by atoms with Crippen molar-refractivity contribution >= 4 is 17.2 Å². The van der Waals surface area contributed by atoms with E-state index in [1.54, 1.807) is 11.3 Å². The molecule has 1 amide bonds. The zero-order valence-electron chi connectivity index (χ0n) is 9.58. The van der Waals surface area contributed by atoms with Crippen LogP contribution in [0.3, 0.4) is 0 Å². The van der Waals surface area contributed by atoms with E-state index in [9.17, 15) is 4.79 Å². The van der Waals surface area contributed by atoms with E-state index in [1.807, 2.05) is 0 Å². The van der Waals surface area contributed by atoms with E-state index in [1.165, 1.54) is 10.4 Å². The Labute approximate surface area is 100 Å². The summed E-state index contributed by atoms with van der Waals surface area (Å²) in [5.41, 5.74) is 1.35. The maximum atomic E-state index is 11.3. The van der Waals surface area contributed by atoms with E-state index < -0.39 is 0 Å². The smallest absolute Gasteiger partial charge is 0.223 e. The fourth-order valence-electron chi connectivity index (χ4n) is 1.55. The molecule has 0 spiro atoms. The first-order valence-corrected chi connectivity index (χ1v) is 6.66. The van der Waals surface area contributed by atoms with Crippen molar-refractivity contribution in [3.05, 3.63) is 21.9 Å². The number of thiophene rings is 1. The highest BCUT2D eigenvalue weighted by molar-refractivity contribution is 7.10. The van der Waals surface area contributed by atoms with Gasteiger partial charge in [-0.1, -0.05) is 0 Å². The summed E-state index contributed by atoms with van der Waals surface area (Å²) in [4.78, 5) is 12.7. The molecule has 0 saturated heterocycles. The van der Waals surface area contributed by atoms with Crippen LogP contribution in [0.5, 0.6) is 0 Å². The summed E-state index contributed by atoms with van der Waals surface area (Å²) < 4.78 is 0. The maximum Gasteiger partial charge on any atom is 0.223 e. The van der Waals surface area contributed by atoms with Crippen LogP contribution in [0, 0.1) is 12.8 Å². The molecule has 1 aromatic rings. The first-order valence-electron chi connectivity index (χ1n) is 5.79. The standard InChI is InChI=1S/C12H18N2OS/c1-9-4-7-16-11(9)8-13-5-6-14-12(15)10-2-3-10/h4,7,10,13H,2-3,5-6,8H2,1H3,(H,14,15). The topological polar surface area (TPSA) is 41.1 Å². The van der Waals surface area contributed by atoms with Crippen LogP contribution in [0.25, 0.3) is 0 Å². The van der Waals surface area contributed by atoms with E-state index in [2.05, 4.69) is 29.0 Å². The van der Waals surface area contributed by atoms with Crippen molar-refractivity contribution in [2.45, 2.75) is 26.3 Å². The third-order valence-electron chi connectivity index (χ3n) is 2.80. The Bertz CT molecular complexity index is 358. The van der Waals surface area contributed by atoms with Gasteiger partial charge in [0.25, 0.3) is 0 Å². The number of nitrogens with one attached hydrogen (secondary N) is 2. The Balaban J connectivity index is 1.55. The second kappa shape index (κ2) is 5.46. The van der Waals surface area contributed by atoms with E-state index >= 15 is 0 Å². The molecule has 1 fully saturated rings. The van der Waals surface area contributed by atoms with Crippen molar-refractivity contribution in [1.82, 2.24) is 10.6 Å². The zero-order chi connectivity index (χ0) is 11.4. The first kappa shape index (κ1) is 11.6. The Kier molecular flexibility index (Phi) is 3.96. The van der Waals surface area contributed by atoms with Gasteiger partial charge in [0.2, 0.25) is 5.91 Å². The summed E-state index contributed by atoms with van der Waals surface area (Å²) in [5, 5.41) is 8.39. The summed E-state index contributed by atoms with van der Waals surface area (Å²) in [6.07, 6.45) is 2.15. The molecule has 1 heterocycles. The third kappa shape index (κ3) is 3.32. The highest BCUT2D eigenvalue weighted by Crippen LogP contribution is 2.28. The van der Waals surface area contributed by atoms with Gasteiger partial charge in [0, 0.05) is 30.4 Å². The highest BCUT2D eigenvalue weighted by Gasteiger charge is 2.28. The molecule has 2 N–H and O–H groups in total. The predicted molar refractivity (Wildman–Crippen MR) is 66.5 cm³/mol. The van der Waals surface area contributed by atoms with Crippen molar-refractivity contribution in [2.24, 2.45) is 5.92 Å². The maximum absolute atomic E-state index is 11.3. The van der Waals surface area contributed by atoms with Crippen molar-refractivity contribution in [1.29, 1.82) is 0 Å². The average molecular weight is 238 g/mol. The molecule has 1 saturated carbocycles. The Morgan fingerprint density at radius 1 is 1.50 bits per heavy atom. The molecule has 0 bridgehead atoms. The highest BCUT2D eigenvalue weighted by atomic mass is 32.1. The summed E-state index contributed by atoms with van der Waals surface area (Å²) in [6.45, 7) is 4.61. The zero-order valence-corrected chi connectivity index (χ0v) is 10.4. The van der Waals surface area contributed by atoms with Crippen LogP contribution in [0.2, 0.25) is 0 Å². The number of aryl methyl sites for hydroxylation is 1. The van der Waals surface area contributed by atoms with Gasteiger partial charge in [0.05, 0.1) is 0 Å². The van der Waals surface area contributed by atoms with Crippen LogP contribution in [-0.2, 0) is 11.3 Å². The van der Waals surface area contributed by atoms with Gasteiger partial charge >= 0.3 is 0 Å². The van der Waals surface area contributed by atoms with Gasteiger partial charge in [-0.05, 0) is 36.8 Å². The minimum absolute atomic E-state index is 0.231. The van der Waals surface area contributed by atoms with Gasteiger partial charge in [-0.25, -0.2) is 0 Å². The van der Waals surface area contributed by atoms with Crippen LogP contribution in [0.1, 0.15) is 23.3 Å². The van der Waals surface area contributed by atoms with Crippen molar-refractivity contribution < 1.29 is 4.79 Å². The summed E-state index contributed by atoms with van der Waals surface area (Å²) in [6, 6.07) is 2.14. The van der Waals surface area contributed by atoms with E-state index in [0.29, 0.717) is 5.92 Å². The van der Waals surface area contributed by atoms with Crippen LogP contribution in [0.15, 0.2) is 11.4 Å². The molecule has 88 valence electrons. The monoisotopic (exact) mass is 238 g/mol. The first-order chi connectivity index (χ1) is 7.77. The van der Waals surface area contributed by atoms with Crippen LogP contribution >= 0.6 is 11.3 Å². The summed E-state index contributed by atoms with van der Waals surface area (Å²) in [7, 11) is 0. The average Bonchev–Trinajstić information content (AvgIpc) is 3.04. The second-order valence-electron chi connectivity index (χ2n) is 4.27. The van der Waals surface area contributed by atoms with Gasteiger partial charge in [-0.15, -0.1) is 11.3 Å². The summed E-state index contributed by atoms with van der Waals surface area (Å²) in [5.74, 6) is 0.550. The third-order valence-corrected chi connectivity index (χ3v) is 3.83. The Hall–Kier alpha value is -0.870. The lowest BCUT2D eigenvalue weighted by atomic mass is 10.3. The fourth-order valence-corrected chi connectivity index (χ4v) is 2.43. The molecule has 0 aromatic carbocycles. The molecule has 0 aliphatic heterocycles. The SMILES string of the molecule is Cc1ccsc1CNCCNC(=O)C1CC1. The molecular formula is C12H18N2OS. The quantitative estimate of drug-likeness (QED) is 0.740. The Morgan fingerprint density at radius 2 is 2.31 bits per heavy atom. The lowest BCUT2D eigenvalue weighted by Crippen LogP contribution is -2.32. The summed E-state index contributed by atoms with van der Waals surface area (Å²) >= 11 is 1.78. The number of carbonyl (C=O) groups is 1. The molecule has 1 aromatic heterocycles. The predicted octanol–water partition coefficient (Wildman–Crippen LogP) is 1.67. The van der Waals surface area contributed by atoms with Gasteiger partial charge in [-0.2, -0.15) is 0 Å². The Morgan fingerprint density at radius 3 is 2.94 bits per heavy atom. The van der Waals surface area contributed by atoms with Crippen molar-refractivity contribution in [3.8, 4) is 0 Å². The largest absolute Gasteiger partial charge is 0.355 e. The van der Waals surface area contributed by atoms with Gasteiger partial charge in [-0.3, -0.25) is 4.79 Å². The number of rotatable bonds is 6. The number of carbonyl (C=O) groups excluding carboxylic acids is 1. The molecule has 2 rings (SSSR count). The second-order valence-corrected chi connectivity index (χ2v) is 5.27. The van der Waals surface area contributed by atoms with E-state index in [-0.39, 0.29) is 5.91 Å². The van der Waals surface area contributed by atoms with Crippen LogP contribution in [0.4, 0.5) is 0 Å². The molecule has 0 unspecified atom stereocenters. The minimum atomic E-state index is 0.231. The number of hydrogen-bond donors (Lipinski definition) is 2. The lowest BCUT2D eigenvalue weighted by molar-refractivity contribution is -0.122. The molecule has 16 heavy (non-hydrogen) atoms. The molecule has 1 aliphatic rings. The van der Waals surface area contributed by atoms with Gasteiger partial charge in [0.15, 0.2) is 0 Å². The molecule has 0 radical (unpaired) electrons. The number of hydrogen-bond acceptors (Lipinski definition) is 3. The molecular weight excluding hydrogens is 220 g/mol. The number of amides is 1. The molecule has 4 heteroatoms. The van der Waals surface area contributed by atoms with Gasteiger partial charge in [0.1, 0.15) is 0 Å². The van der Waals surface area contributed by atoms with Crippen LogP contribution in [-0.4, -0.2) is 19.0 Å².